The molecule has 2 atom stereocenters. The summed E-state index contributed by atoms with van der Waals surface area (Å²) < 4.78 is 0. The van der Waals surface area contributed by atoms with E-state index >= 15 is 0 Å². The zero-order valence-corrected chi connectivity index (χ0v) is 14.2. The minimum absolute atomic E-state index is 0. The first-order chi connectivity index (χ1) is 8.75. The van der Waals surface area contributed by atoms with Crippen LogP contribution in [0, 0.1) is 0 Å². The lowest BCUT2D eigenvalue weighted by molar-refractivity contribution is 0.164. The molecular weight excluding hydrogens is 315 g/mol. The molecule has 0 radical (unpaired) electrons. The summed E-state index contributed by atoms with van der Waals surface area (Å²) in [5, 5.41) is 4.42. The molecule has 2 unspecified atom stereocenters. The summed E-state index contributed by atoms with van der Waals surface area (Å²) in [5.41, 5.74) is 3.00. The molecule has 1 N–H and O–H groups in total. The third-order valence-electron chi connectivity index (χ3n) is 4.49. The highest BCUT2D eigenvalue weighted by molar-refractivity contribution is 6.30. The highest BCUT2D eigenvalue weighted by atomic mass is 35.5. The highest BCUT2D eigenvalue weighted by Crippen LogP contribution is 2.37. The monoisotopic (exact) mass is 336 g/mol. The lowest BCUT2D eigenvalue weighted by Crippen LogP contribution is -2.52. The molecule has 114 valence electrons. The molecule has 2 aliphatic rings. The van der Waals surface area contributed by atoms with Gasteiger partial charge in [0.25, 0.3) is 0 Å². The first kappa shape index (κ1) is 18.1. The number of rotatable bonds is 1. The van der Waals surface area contributed by atoms with E-state index in [2.05, 4.69) is 35.5 Å². The van der Waals surface area contributed by atoms with Gasteiger partial charge in [-0.15, -0.1) is 24.8 Å². The summed E-state index contributed by atoms with van der Waals surface area (Å²) in [6.07, 6.45) is 3.80. The lowest BCUT2D eigenvalue weighted by atomic mass is 9.78. The Bertz CT molecular complexity index is 439. The van der Waals surface area contributed by atoms with E-state index in [4.69, 9.17) is 11.6 Å². The van der Waals surface area contributed by atoms with Gasteiger partial charge in [0, 0.05) is 36.6 Å². The molecule has 0 amide bonds. The second kappa shape index (κ2) is 7.86. The Kier molecular flexibility index (Phi) is 7.10. The van der Waals surface area contributed by atoms with Crippen LogP contribution in [0.4, 0.5) is 0 Å². The van der Waals surface area contributed by atoms with Crippen LogP contribution in [0.1, 0.15) is 29.9 Å². The first-order valence-corrected chi connectivity index (χ1v) is 7.33. The average Bonchev–Trinajstić information content (AvgIpc) is 2.38. The molecule has 1 fully saturated rings. The Labute approximate surface area is 139 Å². The van der Waals surface area contributed by atoms with E-state index < -0.39 is 0 Å². The van der Waals surface area contributed by atoms with Crippen molar-refractivity contribution in [2.24, 2.45) is 0 Å². The predicted octanol–water partition coefficient (Wildman–Crippen LogP) is 3.51. The van der Waals surface area contributed by atoms with Crippen molar-refractivity contribution in [1.82, 2.24) is 10.2 Å². The van der Waals surface area contributed by atoms with Crippen molar-refractivity contribution in [2.75, 3.05) is 26.7 Å². The van der Waals surface area contributed by atoms with Gasteiger partial charge in [0.15, 0.2) is 0 Å². The van der Waals surface area contributed by atoms with Crippen molar-refractivity contribution in [1.29, 1.82) is 0 Å². The van der Waals surface area contributed by atoms with E-state index in [0.717, 1.165) is 24.7 Å². The highest BCUT2D eigenvalue weighted by Gasteiger charge is 2.31. The lowest BCUT2D eigenvalue weighted by Gasteiger charge is -2.41. The number of hydrogen-bond donors (Lipinski definition) is 1. The van der Waals surface area contributed by atoms with Gasteiger partial charge in [-0.25, -0.2) is 0 Å². The molecule has 1 aliphatic heterocycles. The maximum atomic E-state index is 6.12. The Morgan fingerprint density at radius 1 is 1.30 bits per heavy atom. The van der Waals surface area contributed by atoms with E-state index in [-0.39, 0.29) is 24.8 Å². The maximum absolute atomic E-state index is 6.12. The molecule has 3 rings (SSSR count). The van der Waals surface area contributed by atoms with Gasteiger partial charge < -0.3 is 10.2 Å². The van der Waals surface area contributed by atoms with Gasteiger partial charge in [0.1, 0.15) is 0 Å². The number of hydrogen-bond acceptors (Lipinski definition) is 2. The second-order valence-electron chi connectivity index (χ2n) is 5.59. The number of aryl methyl sites for hydroxylation is 1. The fraction of sp³-hybridized carbons (Fsp3) is 0.600. The smallest absolute Gasteiger partial charge is 0.0408 e. The van der Waals surface area contributed by atoms with Gasteiger partial charge in [0.2, 0.25) is 0 Å². The standard InChI is InChI=1S/C15H21ClN2.2ClH/c1-18-8-7-17-10-15(18)14-4-2-3-11-9-12(16)5-6-13(11)14;;/h5-6,9,14-15,17H,2-4,7-8,10H2,1H3;2*1H. The van der Waals surface area contributed by atoms with Crippen LogP contribution in [0.25, 0.3) is 0 Å². The van der Waals surface area contributed by atoms with Crippen molar-refractivity contribution in [3.8, 4) is 0 Å². The number of benzene rings is 1. The normalized spacial score (nSPS) is 26.1. The van der Waals surface area contributed by atoms with Gasteiger partial charge in [-0.05, 0) is 49.6 Å². The molecule has 5 heteroatoms. The summed E-state index contributed by atoms with van der Waals surface area (Å²) in [7, 11) is 2.26. The number of fused-ring (bicyclic) bond motifs is 1. The molecule has 1 aliphatic carbocycles. The van der Waals surface area contributed by atoms with Crippen LogP contribution in [-0.4, -0.2) is 37.6 Å². The third kappa shape index (κ3) is 3.61. The first-order valence-electron chi connectivity index (χ1n) is 6.95. The van der Waals surface area contributed by atoms with Gasteiger partial charge in [-0.2, -0.15) is 0 Å². The van der Waals surface area contributed by atoms with Gasteiger partial charge in [0.05, 0.1) is 0 Å². The zero-order chi connectivity index (χ0) is 12.5. The van der Waals surface area contributed by atoms with E-state index in [0.29, 0.717) is 12.0 Å². The summed E-state index contributed by atoms with van der Waals surface area (Å²) in [4.78, 5) is 2.52. The minimum atomic E-state index is 0. The van der Waals surface area contributed by atoms with Crippen LogP contribution >= 0.6 is 36.4 Å². The van der Waals surface area contributed by atoms with Crippen LogP contribution in [-0.2, 0) is 6.42 Å². The Hall–Kier alpha value is 0.01000. The van der Waals surface area contributed by atoms with Gasteiger partial charge >= 0.3 is 0 Å². The molecule has 2 nitrogen and oxygen atoms in total. The molecule has 20 heavy (non-hydrogen) atoms. The van der Waals surface area contributed by atoms with Crippen LogP contribution in [0.15, 0.2) is 18.2 Å². The molecule has 1 aromatic carbocycles. The molecule has 1 heterocycles. The topological polar surface area (TPSA) is 15.3 Å². The van der Waals surface area contributed by atoms with Crippen molar-refractivity contribution >= 4 is 36.4 Å². The fourth-order valence-electron chi connectivity index (χ4n) is 3.50. The van der Waals surface area contributed by atoms with E-state index in [9.17, 15) is 0 Å². The van der Waals surface area contributed by atoms with Crippen molar-refractivity contribution < 1.29 is 0 Å². The maximum Gasteiger partial charge on any atom is 0.0408 e. The van der Waals surface area contributed by atoms with E-state index in [1.807, 2.05) is 0 Å². The Morgan fingerprint density at radius 2 is 2.10 bits per heavy atom. The predicted molar refractivity (Wildman–Crippen MR) is 90.9 cm³/mol. The van der Waals surface area contributed by atoms with Crippen LogP contribution in [0.2, 0.25) is 5.02 Å². The number of piperazine rings is 1. The quantitative estimate of drug-likeness (QED) is 0.843. The largest absolute Gasteiger partial charge is 0.314 e. The summed E-state index contributed by atoms with van der Waals surface area (Å²) in [5.74, 6) is 0.670. The minimum Gasteiger partial charge on any atom is -0.314 e. The van der Waals surface area contributed by atoms with Crippen LogP contribution in [0.5, 0.6) is 0 Å². The van der Waals surface area contributed by atoms with E-state index in [1.165, 1.54) is 30.4 Å². The molecule has 0 bridgehead atoms. The molecule has 0 aromatic heterocycles. The van der Waals surface area contributed by atoms with Crippen molar-refractivity contribution in [3.63, 3.8) is 0 Å². The summed E-state index contributed by atoms with van der Waals surface area (Å²) >= 11 is 6.12. The number of nitrogens with zero attached hydrogens (tertiary/aromatic N) is 1. The van der Waals surface area contributed by atoms with Gasteiger partial charge in [-0.3, -0.25) is 0 Å². The van der Waals surface area contributed by atoms with Crippen molar-refractivity contribution in [2.45, 2.75) is 31.2 Å². The van der Waals surface area contributed by atoms with Crippen molar-refractivity contribution in [3.05, 3.63) is 34.3 Å². The number of halogens is 3. The molecular formula is C15H23Cl3N2. The molecule has 0 spiro atoms. The SMILES string of the molecule is CN1CCNCC1C1CCCc2cc(Cl)ccc21.Cl.Cl. The van der Waals surface area contributed by atoms with Crippen LogP contribution < -0.4 is 5.32 Å². The third-order valence-corrected chi connectivity index (χ3v) is 4.73. The second-order valence-corrected chi connectivity index (χ2v) is 6.03. The average molecular weight is 338 g/mol. The fourth-order valence-corrected chi connectivity index (χ4v) is 3.69. The molecule has 1 aromatic rings. The summed E-state index contributed by atoms with van der Waals surface area (Å²) in [6.45, 7) is 3.39. The molecule has 1 saturated heterocycles. The Morgan fingerprint density at radius 3 is 2.85 bits per heavy atom. The van der Waals surface area contributed by atoms with Gasteiger partial charge in [-0.1, -0.05) is 17.7 Å². The number of likely N-dealkylation sites (N-methyl/N-ethyl adjacent to an activating group) is 1. The van der Waals surface area contributed by atoms with Crippen LogP contribution in [0.3, 0.4) is 0 Å². The Balaban J connectivity index is 0.000001000. The number of nitrogens with one attached hydrogen (secondary N) is 1. The molecule has 0 saturated carbocycles. The van der Waals surface area contributed by atoms with E-state index in [1.54, 1.807) is 0 Å². The zero-order valence-electron chi connectivity index (χ0n) is 11.8. The summed E-state index contributed by atoms with van der Waals surface area (Å²) in [6, 6.07) is 7.11.